The minimum absolute atomic E-state index is 0.172. The molecule has 0 saturated carbocycles. The molecule has 1 unspecified atom stereocenters. The summed E-state index contributed by atoms with van der Waals surface area (Å²) in [6, 6.07) is 5.57. The number of ether oxygens (including phenoxy) is 2. The lowest BCUT2D eigenvalue weighted by Gasteiger charge is -2.39. The number of nitrogens with zero attached hydrogens (tertiary/aromatic N) is 2. The third kappa shape index (κ3) is 3.79. The first-order chi connectivity index (χ1) is 13.2. The maximum absolute atomic E-state index is 14.0. The molecule has 152 valence electrons. The molecule has 0 aliphatic carbocycles. The molecule has 1 aromatic heterocycles. The molecule has 0 radical (unpaired) electrons. The standard InChI is InChI=1S/C21H26BrFN2O3/c1-20(2,3)28-19(26)24-8-5-21(6-9-24)12-15(13-27-21)25-7-4-14-10-16(22)17(23)11-18(14)25/h4,7,10-11,15H,5-6,8-9,12-13H2,1-3H3. The molecule has 1 aromatic carbocycles. The summed E-state index contributed by atoms with van der Waals surface area (Å²) in [5, 5.41) is 1.01. The van der Waals surface area contributed by atoms with Crippen molar-refractivity contribution in [3.63, 3.8) is 0 Å². The number of aromatic nitrogens is 1. The molecule has 28 heavy (non-hydrogen) atoms. The molecular formula is C21H26BrFN2O3. The van der Waals surface area contributed by atoms with E-state index in [1.807, 2.05) is 39.1 Å². The van der Waals surface area contributed by atoms with Gasteiger partial charge in [0, 0.05) is 24.7 Å². The summed E-state index contributed by atoms with van der Waals surface area (Å²) in [7, 11) is 0. The average molecular weight is 453 g/mol. The van der Waals surface area contributed by atoms with Crippen molar-refractivity contribution >= 4 is 32.9 Å². The van der Waals surface area contributed by atoms with Crippen molar-refractivity contribution in [2.75, 3.05) is 19.7 Å². The first-order valence-corrected chi connectivity index (χ1v) is 10.5. The van der Waals surface area contributed by atoms with Crippen LogP contribution in [0.2, 0.25) is 0 Å². The Kier molecular flexibility index (Phi) is 4.94. The van der Waals surface area contributed by atoms with Crippen LogP contribution in [-0.2, 0) is 9.47 Å². The predicted octanol–water partition coefficient (Wildman–Crippen LogP) is 5.27. The van der Waals surface area contributed by atoms with Crippen molar-refractivity contribution in [1.29, 1.82) is 0 Å². The van der Waals surface area contributed by atoms with E-state index in [1.54, 1.807) is 11.0 Å². The molecule has 2 fully saturated rings. The van der Waals surface area contributed by atoms with Crippen LogP contribution in [0, 0.1) is 5.82 Å². The normalized spacial score (nSPS) is 22.2. The molecular weight excluding hydrogens is 427 g/mol. The summed E-state index contributed by atoms with van der Waals surface area (Å²) in [6.45, 7) is 7.51. The minimum Gasteiger partial charge on any atom is -0.444 e. The van der Waals surface area contributed by atoms with Gasteiger partial charge in [0.05, 0.1) is 28.2 Å². The fraction of sp³-hybridized carbons (Fsp3) is 0.571. The molecule has 2 aromatic rings. The maximum Gasteiger partial charge on any atom is 0.410 e. The smallest absolute Gasteiger partial charge is 0.410 e. The summed E-state index contributed by atoms with van der Waals surface area (Å²) >= 11 is 3.25. The number of fused-ring (bicyclic) bond motifs is 1. The molecule has 7 heteroatoms. The topological polar surface area (TPSA) is 43.7 Å². The Labute approximate surface area is 172 Å². The van der Waals surface area contributed by atoms with Gasteiger partial charge in [-0.3, -0.25) is 0 Å². The van der Waals surface area contributed by atoms with Gasteiger partial charge in [-0.2, -0.15) is 0 Å². The number of carbonyl (C=O) groups is 1. The minimum atomic E-state index is -0.485. The Morgan fingerprint density at radius 3 is 2.71 bits per heavy atom. The number of amides is 1. The summed E-state index contributed by atoms with van der Waals surface area (Å²) in [4.78, 5) is 14.1. The molecule has 1 spiro atoms. The van der Waals surface area contributed by atoms with Gasteiger partial charge in [0.15, 0.2) is 0 Å². The van der Waals surface area contributed by atoms with Gasteiger partial charge in [0.1, 0.15) is 11.4 Å². The number of piperidine rings is 1. The molecule has 5 nitrogen and oxygen atoms in total. The van der Waals surface area contributed by atoms with Crippen LogP contribution in [0.4, 0.5) is 9.18 Å². The Morgan fingerprint density at radius 2 is 2.04 bits per heavy atom. The number of hydrogen-bond donors (Lipinski definition) is 0. The van der Waals surface area contributed by atoms with Crippen LogP contribution in [0.15, 0.2) is 28.9 Å². The first kappa shape index (κ1) is 19.7. The van der Waals surface area contributed by atoms with E-state index in [-0.39, 0.29) is 23.6 Å². The van der Waals surface area contributed by atoms with Gasteiger partial charge in [0.2, 0.25) is 0 Å². The zero-order valence-corrected chi connectivity index (χ0v) is 18.1. The Hall–Kier alpha value is -1.60. The lowest BCUT2D eigenvalue weighted by molar-refractivity contribution is -0.0486. The molecule has 2 aliphatic heterocycles. The number of rotatable bonds is 1. The van der Waals surface area contributed by atoms with Gasteiger partial charge in [-0.1, -0.05) is 0 Å². The van der Waals surface area contributed by atoms with Crippen molar-refractivity contribution < 1.29 is 18.7 Å². The second-order valence-electron chi connectivity index (χ2n) is 8.87. The molecule has 3 heterocycles. The monoisotopic (exact) mass is 452 g/mol. The largest absolute Gasteiger partial charge is 0.444 e. The average Bonchev–Trinajstić information content (AvgIpc) is 3.19. The molecule has 0 N–H and O–H groups in total. The van der Waals surface area contributed by atoms with E-state index in [2.05, 4.69) is 20.5 Å². The zero-order valence-electron chi connectivity index (χ0n) is 16.5. The van der Waals surface area contributed by atoms with E-state index in [0.29, 0.717) is 24.2 Å². The van der Waals surface area contributed by atoms with Crippen LogP contribution < -0.4 is 0 Å². The highest BCUT2D eigenvalue weighted by atomic mass is 79.9. The Balaban J connectivity index is 1.44. The van der Waals surface area contributed by atoms with E-state index >= 15 is 0 Å². The highest BCUT2D eigenvalue weighted by Gasteiger charge is 2.44. The first-order valence-electron chi connectivity index (χ1n) is 9.73. The number of hydrogen-bond acceptors (Lipinski definition) is 3. The molecule has 2 aliphatic rings. The summed E-state index contributed by atoms with van der Waals surface area (Å²) in [5.41, 5.74) is 0.187. The van der Waals surface area contributed by atoms with Crippen LogP contribution >= 0.6 is 15.9 Å². The van der Waals surface area contributed by atoms with Crippen LogP contribution in [0.1, 0.15) is 46.1 Å². The van der Waals surface area contributed by atoms with Crippen LogP contribution in [0.25, 0.3) is 10.9 Å². The lowest BCUT2D eigenvalue weighted by Crippen LogP contribution is -2.47. The second kappa shape index (κ2) is 7.02. The zero-order chi connectivity index (χ0) is 20.1. The fourth-order valence-electron chi connectivity index (χ4n) is 4.24. The van der Waals surface area contributed by atoms with Gasteiger partial charge in [-0.05, 0) is 74.2 Å². The number of likely N-dealkylation sites (tertiary alicyclic amines) is 1. The van der Waals surface area contributed by atoms with Crippen molar-refractivity contribution in [1.82, 2.24) is 9.47 Å². The molecule has 1 atom stereocenters. The van der Waals surface area contributed by atoms with Gasteiger partial charge in [-0.25, -0.2) is 9.18 Å². The number of carbonyl (C=O) groups excluding carboxylic acids is 1. The number of benzene rings is 1. The Bertz CT molecular complexity index is 897. The molecule has 2 saturated heterocycles. The van der Waals surface area contributed by atoms with Crippen LogP contribution in [0.5, 0.6) is 0 Å². The highest BCUT2D eigenvalue weighted by Crippen LogP contribution is 2.42. The van der Waals surface area contributed by atoms with Gasteiger partial charge in [-0.15, -0.1) is 0 Å². The molecule has 4 rings (SSSR count). The predicted molar refractivity (Wildman–Crippen MR) is 109 cm³/mol. The van der Waals surface area contributed by atoms with Crippen molar-refractivity contribution in [2.24, 2.45) is 0 Å². The van der Waals surface area contributed by atoms with E-state index in [9.17, 15) is 9.18 Å². The van der Waals surface area contributed by atoms with E-state index in [1.165, 1.54) is 0 Å². The second-order valence-corrected chi connectivity index (χ2v) is 9.72. The summed E-state index contributed by atoms with van der Waals surface area (Å²) < 4.78 is 28.4. The maximum atomic E-state index is 14.0. The van der Waals surface area contributed by atoms with Gasteiger partial charge < -0.3 is 18.9 Å². The third-order valence-corrected chi connectivity index (χ3v) is 6.28. The third-order valence-electron chi connectivity index (χ3n) is 5.67. The van der Waals surface area contributed by atoms with Crippen molar-refractivity contribution in [3.8, 4) is 0 Å². The van der Waals surface area contributed by atoms with Crippen LogP contribution in [-0.4, -0.2) is 46.5 Å². The quantitative estimate of drug-likeness (QED) is 0.591. The van der Waals surface area contributed by atoms with Gasteiger partial charge >= 0.3 is 6.09 Å². The van der Waals surface area contributed by atoms with Crippen molar-refractivity contribution in [3.05, 3.63) is 34.7 Å². The Morgan fingerprint density at radius 1 is 1.32 bits per heavy atom. The summed E-state index contributed by atoms with van der Waals surface area (Å²) in [6.07, 6.45) is 4.22. The fourth-order valence-corrected chi connectivity index (χ4v) is 4.60. The van der Waals surface area contributed by atoms with Gasteiger partial charge in [0.25, 0.3) is 0 Å². The van der Waals surface area contributed by atoms with E-state index < -0.39 is 5.60 Å². The molecule has 0 bridgehead atoms. The van der Waals surface area contributed by atoms with Crippen LogP contribution in [0.3, 0.4) is 0 Å². The highest BCUT2D eigenvalue weighted by molar-refractivity contribution is 9.10. The lowest BCUT2D eigenvalue weighted by atomic mass is 9.87. The van der Waals surface area contributed by atoms with E-state index in [0.717, 1.165) is 30.2 Å². The SMILES string of the molecule is CC(C)(C)OC(=O)N1CCC2(CC1)CC(n1ccc3cc(Br)c(F)cc31)CO2. The van der Waals surface area contributed by atoms with E-state index in [4.69, 9.17) is 9.47 Å². The molecule has 1 amide bonds. The number of halogens is 2. The summed E-state index contributed by atoms with van der Waals surface area (Å²) in [5.74, 6) is -0.258. The van der Waals surface area contributed by atoms with Crippen molar-refractivity contribution in [2.45, 2.75) is 57.3 Å².